The number of hydrogen-bond donors (Lipinski definition) is 4. The summed E-state index contributed by atoms with van der Waals surface area (Å²) >= 11 is 0. The van der Waals surface area contributed by atoms with Gasteiger partial charge in [-0.15, -0.1) is 0 Å². The van der Waals surface area contributed by atoms with Crippen LogP contribution in [0.4, 0.5) is 17.6 Å². The first-order valence-corrected chi connectivity index (χ1v) is 10.7. The lowest BCUT2D eigenvalue weighted by Gasteiger charge is -2.21. The number of carboxylic acids is 1. The number of carbonyl (C=O) groups is 3. The zero-order valence-corrected chi connectivity index (χ0v) is 20.0. The third-order valence-corrected chi connectivity index (χ3v) is 5.38. The Balaban J connectivity index is 0.000000604. The van der Waals surface area contributed by atoms with Crippen LogP contribution in [0.5, 0.6) is 5.75 Å². The molecule has 202 valence electrons. The number of amides is 2. The Hall–Kier alpha value is -4.01. The standard InChI is InChI=1S/C20H24FN5O4.C2HF3O2/c1-11(27)23-14-8-15(25(2)10-14)18-24-16(17(28)20(30)26(18)3)19(29)22-9-12-4-6-13(21)7-5-12;3-2(4,5)1(6)7/h4-7,14-15,28H,8-10H2,1-3H3,(H,22,29)(H,23,27);(H,6,7)/t14-,15-;/m0./s1. The van der Waals surface area contributed by atoms with Gasteiger partial charge in [0.15, 0.2) is 5.69 Å². The molecule has 11 nitrogen and oxygen atoms in total. The first kappa shape index (κ1) is 29.2. The van der Waals surface area contributed by atoms with E-state index in [2.05, 4.69) is 15.6 Å². The van der Waals surface area contributed by atoms with Crippen molar-refractivity contribution in [3.8, 4) is 5.75 Å². The first-order chi connectivity index (χ1) is 17.1. The molecule has 0 unspecified atom stereocenters. The number of halogens is 4. The number of benzene rings is 1. The van der Waals surface area contributed by atoms with Gasteiger partial charge in [0.25, 0.3) is 11.5 Å². The molecule has 37 heavy (non-hydrogen) atoms. The van der Waals surface area contributed by atoms with Crippen LogP contribution in [0, 0.1) is 5.82 Å². The monoisotopic (exact) mass is 531 g/mol. The summed E-state index contributed by atoms with van der Waals surface area (Å²) in [6.45, 7) is 2.08. The second kappa shape index (κ2) is 11.8. The molecule has 3 rings (SSSR count). The van der Waals surface area contributed by atoms with Gasteiger partial charge in [-0.3, -0.25) is 23.9 Å². The van der Waals surface area contributed by atoms with Crippen molar-refractivity contribution in [3.63, 3.8) is 0 Å². The summed E-state index contributed by atoms with van der Waals surface area (Å²) in [5.74, 6) is -4.43. The SMILES string of the molecule is CC(=O)N[C@H]1C[C@@H](c2nc(C(=O)NCc3ccc(F)cc3)c(O)c(=O)n2C)N(C)C1.O=C(O)C(F)(F)F. The van der Waals surface area contributed by atoms with E-state index < -0.39 is 29.4 Å². The molecule has 0 radical (unpaired) electrons. The number of aliphatic carboxylic acids is 1. The number of alkyl halides is 3. The summed E-state index contributed by atoms with van der Waals surface area (Å²) in [4.78, 5) is 51.6. The second-order valence-electron chi connectivity index (χ2n) is 8.23. The van der Waals surface area contributed by atoms with E-state index in [1.807, 2.05) is 11.9 Å². The maximum atomic E-state index is 13.0. The number of carbonyl (C=O) groups excluding carboxylic acids is 2. The van der Waals surface area contributed by atoms with Gasteiger partial charge >= 0.3 is 12.1 Å². The fourth-order valence-corrected chi connectivity index (χ4v) is 3.62. The zero-order chi connectivity index (χ0) is 28.1. The van der Waals surface area contributed by atoms with Crippen molar-refractivity contribution >= 4 is 17.8 Å². The molecule has 0 bridgehead atoms. The van der Waals surface area contributed by atoms with Crippen molar-refractivity contribution < 1.29 is 42.2 Å². The lowest BCUT2D eigenvalue weighted by molar-refractivity contribution is -0.192. The van der Waals surface area contributed by atoms with Gasteiger partial charge in [0, 0.05) is 33.1 Å². The third kappa shape index (κ3) is 7.73. The number of aromatic hydroxyl groups is 1. The predicted octanol–water partition coefficient (Wildman–Crippen LogP) is 1.07. The Kier molecular flexibility index (Phi) is 9.33. The van der Waals surface area contributed by atoms with Crippen LogP contribution in [0.1, 0.15) is 41.3 Å². The fraction of sp³-hybridized carbons (Fsp3) is 0.409. The van der Waals surface area contributed by atoms with Gasteiger partial charge in [-0.05, 0) is 31.2 Å². The Bertz CT molecular complexity index is 1220. The van der Waals surface area contributed by atoms with Crippen molar-refractivity contribution in [2.75, 3.05) is 13.6 Å². The molecule has 15 heteroatoms. The van der Waals surface area contributed by atoms with E-state index in [-0.39, 0.29) is 36.0 Å². The van der Waals surface area contributed by atoms with Crippen LogP contribution in [0.15, 0.2) is 29.1 Å². The molecule has 1 saturated heterocycles. The van der Waals surface area contributed by atoms with Crippen LogP contribution in [0.2, 0.25) is 0 Å². The third-order valence-electron chi connectivity index (χ3n) is 5.38. The summed E-state index contributed by atoms with van der Waals surface area (Å²) in [6, 6.07) is 5.16. The maximum absolute atomic E-state index is 13.0. The largest absolute Gasteiger partial charge is 0.501 e. The molecule has 0 saturated carbocycles. The fourth-order valence-electron chi connectivity index (χ4n) is 3.62. The van der Waals surface area contributed by atoms with Crippen molar-refractivity contribution in [2.24, 2.45) is 7.05 Å². The molecule has 1 aliphatic rings. The summed E-state index contributed by atoms with van der Waals surface area (Å²) in [6.07, 6.45) is -4.57. The number of carboxylic acid groups (broad SMARTS) is 1. The van der Waals surface area contributed by atoms with Crippen molar-refractivity contribution in [2.45, 2.75) is 38.1 Å². The van der Waals surface area contributed by atoms with E-state index >= 15 is 0 Å². The maximum Gasteiger partial charge on any atom is 0.490 e. The molecule has 0 aliphatic carbocycles. The average Bonchev–Trinajstić information content (AvgIpc) is 3.15. The highest BCUT2D eigenvalue weighted by Gasteiger charge is 2.38. The molecule has 1 aromatic carbocycles. The number of nitrogens with zero attached hydrogens (tertiary/aromatic N) is 3. The van der Waals surface area contributed by atoms with Gasteiger partial charge in [0.05, 0.1) is 6.04 Å². The molecular weight excluding hydrogens is 506 g/mol. The summed E-state index contributed by atoms with van der Waals surface area (Å²) in [5, 5.41) is 22.8. The highest BCUT2D eigenvalue weighted by molar-refractivity contribution is 5.94. The molecule has 2 atom stereocenters. The van der Waals surface area contributed by atoms with Crippen LogP contribution >= 0.6 is 0 Å². The molecule has 0 spiro atoms. The minimum Gasteiger partial charge on any atom is -0.501 e. The van der Waals surface area contributed by atoms with E-state index in [4.69, 9.17) is 9.90 Å². The van der Waals surface area contributed by atoms with E-state index in [1.54, 1.807) is 0 Å². The van der Waals surface area contributed by atoms with E-state index in [0.29, 0.717) is 24.4 Å². The molecular formula is C22H25F4N5O6. The quantitative estimate of drug-likeness (QED) is 0.418. The van der Waals surface area contributed by atoms with Gasteiger partial charge in [-0.1, -0.05) is 12.1 Å². The molecule has 2 heterocycles. The number of aromatic nitrogens is 2. The Morgan fingerprint density at radius 3 is 2.24 bits per heavy atom. The number of rotatable bonds is 5. The Labute approximate surface area is 207 Å². The summed E-state index contributed by atoms with van der Waals surface area (Å²) < 4.78 is 46.0. The molecule has 2 amide bonds. The van der Waals surface area contributed by atoms with Gasteiger partial charge in [-0.25, -0.2) is 14.2 Å². The van der Waals surface area contributed by atoms with Crippen LogP contribution in [-0.2, 0) is 23.2 Å². The molecule has 1 aliphatic heterocycles. The Morgan fingerprint density at radius 2 is 1.73 bits per heavy atom. The average molecular weight is 531 g/mol. The summed E-state index contributed by atoms with van der Waals surface area (Å²) in [5.41, 5.74) is -0.447. The highest BCUT2D eigenvalue weighted by atomic mass is 19.4. The molecule has 2 aromatic rings. The van der Waals surface area contributed by atoms with Crippen LogP contribution in [0.3, 0.4) is 0 Å². The van der Waals surface area contributed by atoms with Crippen LogP contribution < -0.4 is 16.2 Å². The van der Waals surface area contributed by atoms with Gasteiger partial charge in [0.2, 0.25) is 11.7 Å². The Morgan fingerprint density at radius 1 is 1.16 bits per heavy atom. The number of likely N-dealkylation sites (tertiary alicyclic amines) is 1. The van der Waals surface area contributed by atoms with Crippen LogP contribution in [0.25, 0.3) is 0 Å². The molecule has 1 aromatic heterocycles. The smallest absolute Gasteiger partial charge is 0.490 e. The lowest BCUT2D eigenvalue weighted by Crippen LogP contribution is -2.34. The molecule has 1 fully saturated rings. The lowest BCUT2D eigenvalue weighted by atomic mass is 10.1. The van der Waals surface area contributed by atoms with Gasteiger partial charge in [-0.2, -0.15) is 13.2 Å². The van der Waals surface area contributed by atoms with Crippen LogP contribution in [-0.4, -0.2) is 68.3 Å². The minimum absolute atomic E-state index is 0.0821. The minimum atomic E-state index is -5.08. The van der Waals surface area contributed by atoms with E-state index in [0.717, 1.165) is 0 Å². The molecule has 4 N–H and O–H groups in total. The van der Waals surface area contributed by atoms with Gasteiger partial charge in [0.1, 0.15) is 11.6 Å². The number of likely N-dealkylation sites (N-methyl/N-ethyl adjacent to an activating group) is 1. The number of hydrogen-bond acceptors (Lipinski definition) is 7. The normalized spacial score (nSPS) is 17.5. The zero-order valence-electron chi connectivity index (χ0n) is 20.0. The van der Waals surface area contributed by atoms with Crippen molar-refractivity contribution in [1.82, 2.24) is 25.1 Å². The van der Waals surface area contributed by atoms with E-state index in [9.17, 15) is 37.1 Å². The van der Waals surface area contributed by atoms with Crippen molar-refractivity contribution in [1.29, 1.82) is 0 Å². The van der Waals surface area contributed by atoms with Gasteiger partial charge < -0.3 is 20.8 Å². The summed E-state index contributed by atoms with van der Waals surface area (Å²) in [7, 11) is 3.31. The second-order valence-corrected chi connectivity index (χ2v) is 8.23. The number of nitrogens with one attached hydrogen (secondary N) is 2. The first-order valence-electron chi connectivity index (χ1n) is 10.7. The predicted molar refractivity (Wildman–Crippen MR) is 120 cm³/mol. The topological polar surface area (TPSA) is 154 Å². The van der Waals surface area contributed by atoms with Crippen molar-refractivity contribution in [3.05, 3.63) is 57.5 Å². The highest BCUT2D eigenvalue weighted by Crippen LogP contribution is 2.29. The van der Waals surface area contributed by atoms with E-state index in [1.165, 1.54) is 42.8 Å².